The van der Waals surface area contributed by atoms with E-state index in [0.29, 0.717) is 0 Å². The summed E-state index contributed by atoms with van der Waals surface area (Å²) in [5.74, 6) is 0.525. The molecule has 3 rings (SSSR count). The van der Waals surface area contributed by atoms with Crippen molar-refractivity contribution in [1.82, 2.24) is 5.32 Å². The van der Waals surface area contributed by atoms with Gasteiger partial charge < -0.3 is 10.1 Å². The predicted molar refractivity (Wildman–Crippen MR) is 86.9 cm³/mol. The Labute approximate surface area is 135 Å². The molecule has 120 valence electrons. The van der Waals surface area contributed by atoms with Gasteiger partial charge in [0, 0.05) is 0 Å². The zero-order valence-corrected chi connectivity index (χ0v) is 13.1. The van der Waals surface area contributed by atoms with Crippen molar-refractivity contribution in [1.29, 1.82) is 0 Å². The Kier molecular flexibility index (Phi) is 4.60. The van der Waals surface area contributed by atoms with Crippen LogP contribution in [0.15, 0.2) is 42.5 Å². The lowest BCUT2D eigenvalue weighted by molar-refractivity contribution is -0.121. The van der Waals surface area contributed by atoms with Gasteiger partial charge in [-0.25, -0.2) is 4.39 Å². The van der Waals surface area contributed by atoms with Crippen LogP contribution in [0.25, 0.3) is 0 Å². The Bertz CT molecular complexity index is 697. The van der Waals surface area contributed by atoms with Gasteiger partial charge in [-0.1, -0.05) is 18.2 Å². The smallest absolute Gasteiger partial charge is 0.224 e. The number of rotatable bonds is 4. The van der Waals surface area contributed by atoms with Crippen LogP contribution in [0.3, 0.4) is 0 Å². The number of amides is 1. The lowest BCUT2D eigenvalue weighted by Gasteiger charge is -2.27. The van der Waals surface area contributed by atoms with Crippen LogP contribution in [0, 0.1) is 5.82 Å². The molecule has 0 spiro atoms. The van der Waals surface area contributed by atoms with E-state index < -0.39 is 0 Å². The predicted octanol–water partition coefficient (Wildman–Crippen LogP) is 3.57. The number of carbonyl (C=O) groups is 1. The van der Waals surface area contributed by atoms with E-state index in [0.717, 1.165) is 30.6 Å². The fourth-order valence-electron chi connectivity index (χ4n) is 3.10. The Morgan fingerprint density at radius 1 is 1.26 bits per heavy atom. The van der Waals surface area contributed by atoms with Gasteiger partial charge >= 0.3 is 0 Å². The summed E-state index contributed by atoms with van der Waals surface area (Å²) in [7, 11) is 1.66. The van der Waals surface area contributed by atoms with E-state index in [-0.39, 0.29) is 24.2 Å². The molecule has 23 heavy (non-hydrogen) atoms. The van der Waals surface area contributed by atoms with Gasteiger partial charge in [-0.2, -0.15) is 0 Å². The molecule has 0 aromatic heterocycles. The first-order chi connectivity index (χ1) is 11.2. The van der Waals surface area contributed by atoms with E-state index in [2.05, 4.69) is 5.32 Å². The molecule has 2 aromatic rings. The first-order valence-electron chi connectivity index (χ1n) is 7.86. The molecule has 0 radical (unpaired) electrons. The zero-order valence-electron chi connectivity index (χ0n) is 13.1. The largest absolute Gasteiger partial charge is 0.497 e. The second-order valence-electron chi connectivity index (χ2n) is 5.88. The summed E-state index contributed by atoms with van der Waals surface area (Å²) in [6.07, 6.45) is 3.26. The number of benzene rings is 2. The number of fused-ring (bicyclic) bond motifs is 1. The minimum absolute atomic E-state index is 0.0368. The third-order valence-electron chi connectivity index (χ3n) is 4.28. The Hall–Kier alpha value is -2.36. The highest BCUT2D eigenvalue weighted by molar-refractivity contribution is 5.79. The van der Waals surface area contributed by atoms with Crippen molar-refractivity contribution in [3.8, 4) is 5.75 Å². The van der Waals surface area contributed by atoms with Gasteiger partial charge in [0.25, 0.3) is 0 Å². The van der Waals surface area contributed by atoms with Crippen molar-refractivity contribution in [2.24, 2.45) is 0 Å². The van der Waals surface area contributed by atoms with Crippen molar-refractivity contribution in [3.05, 3.63) is 65.0 Å². The maximum atomic E-state index is 12.9. The average Bonchev–Trinajstić information content (AvgIpc) is 2.56. The molecule has 1 aliphatic rings. The number of hydrogen-bond donors (Lipinski definition) is 1. The topological polar surface area (TPSA) is 38.3 Å². The van der Waals surface area contributed by atoms with Crippen LogP contribution in [0.4, 0.5) is 4.39 Å². The minimum Gasteiger partial charge on any atom is -0.497 e. The maximum Gasteiger partial charge on any atom is 0.224 e. The van der Waals surface area contributed by atoms with E-state index in [1.807, 2.05) is 18.2 Å². The molecule has 0 fully saturated rings. The molecule has 0 bridgehead atoms. The average molecular weight is 313 g/mol. The molecule has 0 aliphatic heterocycles. The van der Waals surface area contributed by atoms with Gasteiger partial charge in [-0.3, -0.25) is 4.79 Å². The summed E-state index contributed by atoms with van der Waals surface area (Å²) < 4.78 is 18.2. The normalized spacial score (nSPS) is 16.5. The molecule has 0 saturated heterocycles. The lowest BCUT2D eigenvalue weighted by atomic mass is 9.87. The van der Waals surface area contributed by atoms with Crippen LogP contribution < -0.4 is 10.1 Å². The van der Waals surface area contributed by atoms with E-state index >= 15 is 0 Å². The van der Waals surface area contributed by atoms with Crippen LogP contribution in [0.1, 0.15) is 35.6 Å². The van der Waals surface area contributed by atoms with Crippen molar-refractivity contribution in [2.45, 2.75) is 31.7 Å². The number of carbonyl (C=O) groups excluding carboxylic acids is 1. The lowest BCUT2D eigenvalue weighted by Crippen LogP contribution is -2.32. The second kappa shape index (κ2) is 6.82. The fourth-order valence-corrected chi connectivity index (χ4v) is 3.10. The third kappa shape index (κ3) is 3.70. The van der Waals surface area contributed by atoms with Crippen molar-refractivity contribution >= 4 is 5.91 Å². The van der Waals surface area contributed by atoms with Gasteiger partial charge in [0.05, 0.1) is 19.6 Å². The van der Waals surface area contributed by atoms with Crippen molar-refractivity contribution in [3.63, 3.8) is 0 Å². The van der Waals surface area contributed by atoms with Crippen LogP contribution in [0.2, 0.25) is 0 Å². The number of hydrogen-bond acceptors (Lipinski definition) is 2. The number of nitrogens with one attached hydrogen (secondary N) is 1. The quantitative estimate of drug-likeness (QED) is 0.937. The summed E-state index contributed by atoms with van der Waals surface area (Å²) in [6.45, 7) is 0. The van der Waals surface area contributed by atoms with Gasteiger partial charge in [0.15, 0.2) is 0 Å². The van der Waals surface area contributed by atoms with E-state index in [1.54, 1.807) is 19.2 Å². The van der Waals surface area contributed by atoms with Crippen LogP contribution in [0.5, 0.6) is 5.75 Å². The first kappa shape index (κ1) is 15.5. The van der Waals surface area contributed by atoms with E-state index in [9.17, 15) is 9.18 Å². The first-order valence-corrected chi connectivity index (χ1v) is 7.86. The van der Waals surface area contributed by atoms with Gasteiger partial charge in [0.2, 0.25) is 5.91 Å². The molecule has 1 aliphatic carbocycles. The number of halogens is 1. The highest BCUT2D eigenvalue weighted by Gasteiger charge is 2.22. The van der Waals surface area contributed by atoms with E-state index in [1.165, 1.54) is 23.3 Å². The number of methoxy groups -OCH3 is 1. The third-order valence-corrected chi connectivity index (χ3v) is 4.28. The Morgan fingerprint density at radius 3 is 2.78 bits per heavy atom. The molecule has 1 amide bonds. The Morgan fingerprint density at radius 2 is 2.04 bits per heavy atom. The Balaban J connectivity index is 1.69. The summed E-state index contributed by atoms with van der Waals surface area (Å²) in [4.78, 5) is 12.3. The van der Waals surface area contributed by atoms with Gasteiger partial charge in [-0.05, 0) is 60.2 Å². The molecule has 0 unspecified atom stereocenters. The highest BCUT2D eigenvalue weighted by atomic mass is 19.1. The van der Waals surface area contributed by atoms with Crippen LogP contribution >= 0.6 is 0 Å². The molecule has 1 N–H and O–H groups in total. The highest BCUT2D eigenvalue weighted by Crippen LogP contribution is 2.32. The summed E-state index contributed by atoms with van der Waals surface area (Å²) >= 11 is 0. The zero-order chi connectivity index (χ0) is 16.2. The van der Waals surface area contributed by atoms with Crippen LogP contribution in [-0.4, -0.2) is 13.0 Å². The maximum absolute atomic E-state index is 12.9. The molecule has 2 aromatic carbocycles. The standard InChI is InChI=1S/C19H20FNO2/c1-23-16-9-10-17-14(12-16)3-2-4-18(17)21-19(22)11-13-5-7-15(20)8-6-13/h5-10,12,18H,2-4,11H2,1H3,(H,21,22)/t18-/m1/s1. The molecule has 3 nitrogen and oxygen atoms in total. The SMILES string of the molecule is COc1ccc2c(c1)CCC[C@H]2NC(=O)Cc1ccc(F)cc1. The van der Waals surface area contributed by atoms with Crippen molar-refractivity contribution in [2.75, 3.05) is 7.11 Å². The van der Waals surface area contributed by atoms with Crippen molar-refractivity contribution < 1.29 is 13.9 Å². The monoisotopic (exact) mass is 313 g/mol. The number of ether oxygens (including phenoxy) is 1. The molecule has 0 heterocycles. The second-order valence-corrected chi connectivity index (χ2v) is 5.88. The molecule has 4 heteroatoms. The summed E-state index contributed by atoms with van der Waals surface area (Å²) in [5.41, 5.74) is 3.22. The molecule has 0 saturated carbocycles. The minimum atomic E-state index is -0.288. The fraction of sp³-hybridized carbons (Fsp3) is 0.316. The number of aryl methyl sites for hydroxylation is 1. The van der Waals surface area contributed by atoms with Gasteiger partial charge in [-0.15, -0.1) is 0 Å². The molecule has 1 atom stereocenters. The van der Waals surface area contributed by atoms with E-state index in [4.69, 9.17) is 4.74 Å². The molecular weight excluding hydrogens is 293 g/mol. The molecular formula is C19H20FNO2. The summed E-state index contributed by atoms with van der Waals surface area (Å²) in [5, 5.41) is 3.10. The van der Waals surface area contributed by atoms with Crippen LogP contribution in [-0.2, 0) is 17.6 Å². The van der Waals surface area contributed by atoms with Gasteiger partial charge in [0.1, 0.15) is 11.6 Å². The summed E-state index contributed by atoms with van der Waals surface area (Å²) in [6, 6.07) is 12.1.